The molecule has 0 aliphatic carbocycles. The molecule has 0 bridgehead atoms. The molecule has 0 aromatic carbocycles. The summed E-state index contributed by atoms with van der Waals surface area (Å²) in [5, 5.41) is 7.18. The number of likely N-dealkylation sites (tertiary alicyclic amines) is 1. The van der Waals surface area contributed by atoms with Crippen LogP contribution in [0.2, 0.25) is 0 Å². The van der Waals surface area contributed by atoms with E-state index in [-0.39, 0.29) is 18.5 Å². The second-order valence-corrected chi connectivity index (χ2v) is 5.95. The van der Waals surface area contributed by atoms with E-state index in [0.717, 1.165) is 24.5 Å². The molecule has 0 spiro atoms. The van der Waals surface area contributed by atoms with Crippen LogP contribution >= 0.6 is 0 Å². The summed E-state index contributed by atoms with van der Waals surface area (Å²) in [6.45, 7) is 4.57. The van der Waals surface area contributed by atoms with Gasteiger partial charge in [-0.05, 0) is 45.0 Å². The number of hydrogen-bond acceptors (Lipinski definition) is 5. The van der Waals surface area contributed by atoms with Gasteiger partial charge < -0.3 is 15.5 Å². The molecule has 1 fully saturated rings. The van der Waals surface area contributed by atoms with Crippen LogP contribution in [-0.2, 0) is 11.3 Å². The van der Waals surface area contributed by atoms with E-state index in [1.165, 1.54) is 17.5 Å². The van der Waals surface area contributed by atoms with E-state index in [2.05, 4.69) is 15.3 Å². The lowest BCUT2D eigenvalue weighted by Crippen LogP contribution is -2.38. The molecule has 3 rings (SSSR count). The van der Waals surface area contributed by atoms with Gasteiger partial charge in [0, 0.05) is 12.6 Å². The Labute approximate surface area is 135 Å². The number of rotatable bonds is 6. The first-order valence-electron chi connectivity index (χ1n) is 7.97. The molecule has 2 aromatic rings. The molecule has 7 heteroatoms. The van der Waals surface area contributed by atoms with Crippen molar-refractivity contribution < 1.29 is 9.21 Å². The summed E-state index contributed by atoms with van der Waals surface area (Å²) in [7, 11) is 0. The summed E-state index contributed by atoms with van der Waals surface area (Å²) in [6, 6.07) is 5.67. The van der Waals surface area contributed by atoms with E-state index in [1.807, 2.05) is 19.1 Å². The number of amides is 1. The van der Waals surface area contributed by atoms with Gasteiger partial charge in [0.15, 0.2) is 0 Å². The lowest BCUT2D eigenvalue weighted by Gasteiger charge is -2.26. The lowest BCUT2D eigenvalue weighted by atomic mass is 10.2. The quantitative estimate of drug-likeness (QED) is 0.839. The summed E-state index contributed by atoms with van der Waals surface area (Å²) in [4.78, 5) is 14.5. The molecule has 1 unspecified atom stereocenters. The van der Waals surface area contributed by atoms with Crippen LogP contribution in [0.25, 0.3) is 0 Å². The van der Waals surface area contributed by atoms with E-state index in [0.29, 0.717) is 12.4 Å². The minimum absolute atomic E-state index is 0.0770. The fraction of sp³-hybridized carbons (Fsp3) is 0.500. The Morgan fingerprint density at radius 2 is 2.26 bits per heavy atom. The van der Waals surface area contributed by atoms with Crippen molar-refractivity contribution in [3.63, 3.8) is 0 Å². The molecular weight excluding hydrogens is 294 g/mol. The first kappa shape index (κ1) is 15.6. The van der Waals surface area contributed by atoms with Gasteiger partial charge in [-0.2, -0.15) is 5.10 Å². The van der Waals surface area contributed by atoms with E-state index in [9.17, 15) is 4.79 Å². The average molecular weight is 317 g/mol. The van der Waals surface area contributed by atoms with Gasteiger partial charge in [-0.15, -0.1) is 0 Å². The number of anilines is 1. The molecular formula is C16H23N5O2. The molecule has 1 amide bonds. The number of aryl methyl sites for hydroxylation is 1. The standard InChI is InChI=1S/C16H23N5O2/c1-12-9-15(17)21(19-12)11-16(22)18-10-13(14-5-4-8-23-14)20-6-2-3-7-20/h4-5,8-9,13H,2-3,6-7,10-11,17H2,1H3,(H,18,22). The Bertz CT molecular complexity index is 643. The van der Waals surface area contributed by atoms with Crippen molar-refractivity contribution >= 4 is 11.7 Å². The van der Waals surface area contributed by atoms with E-state index in [4.69, 9.17) is 10.2 Å². The van der Waals surface area contributed by atoms with Gasteiger partial charge in [0.2, 0.25) is 5.91 Å². The Morgan fingerprint density at radius 3 is 2.87 bits per heavy atom. The van der Waals surface area contributed by atoms with E-state index in [1.54, 1.807) is 12.3 Å². The Hall–Kier alpha value is -2.28. The van der Waals surface area contributed by atoms with Gasteiger partial charge in [-0.25, -0.2) is 4.68 Å². The van der Waals surface area contributed by atoms with Crippen molar-refractivity contribution in [1.82, 2.24) is 20.0 Å². The SMILES string of the molecule is Cc1cc(N)n(CC(=O)NCC(c2ccco2)N2CCCC2)n1. The molecule has 0 radical (unpaired) electrons. The maximum atomic E-state index is 12.2. The molecule has 0 saturated carbocycles. The van der Waals surface area contributed by atoms with Crippen LogP contribution < -0.4 is 11.1 Å². The third-order valence-electron chi connectivity index (χ3n) is 4.17. The number of aromatic nitrogens is 2. The Kier molecular flexibility index (Phi) is 4.66. The fourth-order valence-electron chi connectivity index (χ4n) is 3.04. The Balaban J connectivity index is 1.60. The highest BCUT2D eigenvalue weighted by molar-refractivity contribution is 5.76. The highest BCUT2D eigenvalue weighted by atomic mass is 16.3. The number of nitrogen functional groups attached to an aromatic ring is 1. The van der Waals surface area contributed by atoms with Crippen LogP contribution in [0, 0.1) is 6.92 Å². The van der Waals surface area contributed by atoms with Gasteiger partial charge in [0.25, 0.3) is 0 Å². The predicted octanol–water partition coefficient (Wildman–Crippen LogP) is 1.32. The molecule has 124 valence electrons. The minimum Gasteiger partial charge on any atom is -0.468 e. The van der Waals surface area contributed by atoms with Crippen molar-refractivity contribution in [3.8, 4) is 0 Å². The summed E-state index contributed by atoms with van der Waals surface area (Å²) in [5.41, 5.74) is 6.63. The molecule has 1 aliphatic rings. The van der Waals surface area contributed by atoms with Gasteiger partial charge >= 0.3 is 0 Å². The summed E-state index contributed by atoms with van der Waals surface area (Å²) >= 11 is 0. The number of carbonyl (C=O) groups excluding carboxylic acids is 1. The van der Waals surface area contributed by atoms with Gasteiger partial charge in [-0.3, -0.25) is 9.69 Å². The first-order valence-corrected chi connectivity index (χ1v) is 7.97. The van der Waals surface area contributed by atoms with Crippen molar-refractivity contribution in [2.45, 2.75) is 32.4 Å². The minimum atomic E-state index is -0.101. The largest absolute Gasteiger partial charge is 0.468 e. The zero-order valence-corrected chi connectivity index (χ0v) is 13.4. The van der Waals surface area contributed by atoms with Gasteiger partial charge in [0.05, 0.1) is 18.0 Å². The fourth-order valence-corrected chi connectivity index (χ4v) is 3.04. The zero-order valence-electron chi connectivity index (χ0n) is 13.4. The highest BCUT2D eigenvalue weighted by Gasteiger charge is 2.26. The molecule has 3 heterocycles. The predicted molar refractivity (Wildman–Crippen MR) is 86.6 cm³/mol. The van der Waals surface area contributed by atoms with Crippen molar-refractivity contribution in [1.29, 1.82) is 0 Å². The monoisotopic (exact) mass is 317 g/mol. The third kappa shape index (κ3) is 3.73. The maximum Gasteiger partial charge on any atom is 0.241 e. The summed E-state index contributed by atoms with van der Waals surface area (Å²) in [5.74, 6) is 1.29. The van der Waals surface area contributed by atoms with Crippen LogP contribution in [0.4, 0.5) is 5.82 Å². The smallest absolute Gasteiger partial charge is 0.241 e. The third-order valence-corrected chi connectivity index (χ3v) is 4.17. The van der Waals surface area contributed by atoms with E-state index < -0.39 is 0 Å². The van der Waals surface area contributed by atoms with Crippen LogP contribution in [0.3, 0.4) is 0 Å². The van der Waals surface area contributed by atoms with Crippen molar-refractivity contribution in [2.24, 2.45) is 0 Å². The van der Waals surface area contributed by atoms with Crippen molar-refractivity contribution in [3.05, 3.63) is 35.9 Å². The molecule has 2 aromatic heterocycles. The number of nitrogens with one attached hydrogen (secondary N) is 1. The van der Waals surface area contributed by atoms with Crippen LogP contribution in [-0.4, -0.2) is 40.2 Å². The average Bonchev–Trinajstić information content (AvgIpc) is 3.24. The zero-order chi connectivity index (χ0) is 16.2. The lowest BCUT2D eigenvalue weighted by molar-refractivity contribution is -0.122. The number of nitrogens with zero attached hydrogens (tertiary/aromatic N) is 3. The van der Waals surface area contributed by atoms with Crippen LogP contribution in [0.15, 0.2) is 28.9 Å². The second-order valence-electron chi connectivity index (χ2n) is 5.95. The molecule has 3 N–H and O–H groups in total. The molecule has 23 heavy (non-hydrogen) atoms. The van der Waals surface area contributed by atoms with E-state index >= 15 is 0 Å². The van der Waals surface area contributed by atoms with Crippen LogP contribution in [0.1, 0.15) is 30.3 Å². The van der Waals surface area contributed by atoms with Crippen LogP contribution in [0.5, 0.6) is 0 Å². The molecule has 1 aliphatic heterocycles. The van der Waals surface area contributed by atoms with Gasteiger partial charge in [0.1, 0.15) is 18.1 Å². The van der Waals surface area contributed by atoms with Crippen molar-refractivity contribution in [2.75, 3.05) is 25.4 Å². The maximum absolute atomic E-state index is 12.2. The number of hydrogen-bond donors (Lipinski definition) is 2. The molecule has 1 atom stereocenters. The summed E-state index contributed by atoms with van der Waals surface area (Å²) < 4.78 is 7.07. The molecule has 1 saturated heterocycles. The normalized spacial score (nSPS) is 16.6. The Morgan fingerprint density at radius 1 is 1.48 bits per heavy atom. The number of furan rings is 1. The summed E-state index contributed by atoms with van der Waals surface area (Å²) in [6.07, 6.45) is 4.05. The number of carbonyl (C=O) groups is 1. The van der Waals surface area contributed by atoms with Gasteiger partial charge in [-0.1, -0.05) is 0 Å². The molecule has 7 nitrogen and oxygen atoms in total. The topological polar surface area (TPSA) is 89.3 Å². The number of nitrogens with two attached hydrogens (primary N) is 1. The first-order chi connectivity index (χ1) is 11.1. The highest BCUT2D eigenvalue weighted by Crippen LogP contribution is 2.24. The second kappa shape index (κ2) is 6.87.